The highest BCUT2D eigenvalue weighted by atomic mass is 79.9. The van der Waals surface area contributed by atoms with Crippen molar-refractivity contribution in [1.82, 2.24) is 0 Å². The van der Waals surface area contributed by atoms with Crippen molar-refractivity contribution in [3.05, 3.63) is 110 Å². The topological polar surface area (TPSA) is 0 Å². The molecule has 3 aromatic carbocycles. The van der Waals surface area contributed by atoms with Crippen LogP contribution in [0.25, 0.3) is 16.7 Å². The van der Waals surface area contributed by atoms with Crippen LogP contribution < -0.4 is 0 Å². The Bertz CT molecular complexity index is 1110. The largest absolute Gasteiger partial charge is 0.0873 e. The molecule has 0 radical (unpaired) electrons. The molecule has 2 heteroatoms. The fourth-order valence-electron chi connectivity index (χ4n) is 4.97. The van der Waals surface area contributed by atoms with Crippen molar-refractivity contribution in [3.8, 4) is 11.1 Å². The van der Waals surface area contributed by atoms with Crippen LogP contribution in [0.3, 0.4) is 0 Å². The van der Waals surface area contributed by atoms with Gasteiger partial charge in [-0.2, -0.15) is 0 Å². The van der Waals surface area contributed by atoms with Crippen LogP contribution in [-0.4, -0.2) is 0 Å². The summed E-state index contributed by atoms with van der Waals surface area (Å²) in [5.41, 5.74) is 10.6. The van der Waals surface area contributed by atoms with Crippen molar-refractivity contribution >= 4 is 37.4 Å². The van der Waals surface area contributed by atoms with Gasteiger partial charge in [-0.15, -0.1) is 0 Å². The lowest BCUT2D eigenvalue weighted by atomic mass is 9.69. The summed E-state index contributed by atoms with van der Waals surface area (Å²) >= 11 is 7.45. The van der Waals surface area contributed by atoms with Gasteiger partial charge < -0.3 is 0 Å². The van der Waals surface area contributed by atoms with Crippen LogP contribution in [0.5, 0.6) is 0 Å². The fraction of sp³-hybridized carbons (Fsp3) is 0.120. The van der Waals surface area contributed by atoms with Crippen LogP contribution in [0.1, 0.15) is 36.1 Å². The smallest absolute Gasteiger partial charge is 0.0722 e. The number of allylic oxidation sites excluding steroid dienone is 4. The first-order valence-corrected chi connectivity index (χ1v) is 10.7. The average molecular weight is 478 g/mol. The zero-order chi connectivity index (χ0) is 18.8. The second kappa shape index (κ2) is 6.05. The third-order valence-corrected chi connectivity index (χ3v) is 6.92. The lowest BCUT2D eigenvalue weighted by Crippen LogP contribution is -2.26. The molecule has 1 spiro atoms. The molecule has 27 heavy (non-hydrogen) atoms. The first-order valence-electron chi connectivity index (χ1n) is 9.13. The van der Waals surface area contributed by atoms with Crippen LogP contribution in [0, 0.1) is 0 Å². The number of benzene rings is 3. The lowest BCUT2D eigenvalue weighted by molar-refractivity contribution is 0.784. The summed E-state index contributed by atoms with van der Waals surface area (Å²) in [6, 6.07) is 22.3. The molecule has 0 fully saturated rings. The molecule has 0 amide bonds. The second-order valence-electron chi connectivity index (χ2n) is 7.21. The Morgan fingerprint density at radius 1 is 0.741 bits per heavy atom. The molecule has 0 saturated carbocycles. The standard InChI is InChI=1S/C25H18Br2/c1-3-6-21-15(2)18-7-4-5-8-22(18)25(21)23-13-16(26)9-11-19(23)20-12-10-17(27)14-24(20)25/h3-14H,1-2H3/b6-3-. The monoisotopic (exact) mass is 476 g/mol. The summed E-state index contributed by atoms with van der Waals surface area (Å²) < 4.78 is 2.24. The Morgan fingerprint density at radius 3 is 1.93 bits per heavy atom. The summed E-state index contributed by atoms with van der Waals surface area (Å²) in [4.78, 5) is 0. The quantitative estimate of drug-likeness (QED) is 0.334. The minimum atomic E-state index is -0.259. The average Bonchev–Trinajstić information content (AvgIpc) is 3.08. The van der Waals surface area contributed by atoms with Crippen molar-refractivity contribution < 1.29 is 0 Å². The molecule has 3 aromatic rings. The van der Waals surface area contributed by atoms with Crippen LogP contribution in [-0.2, 0) is 5.41 Å². The first kappa shape index (κ1) is 17.2. The Kier molecular flexibility index (Phi) is 3.86. The maximum absolute atomic E-state index is 3.73. The Hall–Kier alpha value is -1.90. The normalized spacial score (nSPS) is 16.1. The number of hydrogen-bond donors (Lipinski definition) is 0. The number of halogens is 2. The maximum atomic E-state index is 3.73. The van der Waals surface area contributed by atoms with Crippen LogP contribution in [0.4, 0.5) is 0 Å². The first-order chi connectivity index (χ1) is 13.1. The zero-order valence-electron chi connectivity index (χ0n) is 15.2. The van der Waals surface area contributed by atoms with Gasteiger partial charge in [-0.25, -0.2) is 0 Å². The predicted molar refractivity (Wildman–Crippen MR) is 121 cm³/mol. The molecule has 0 bridgehead atoms. The summed E-state index contributed by atoms with van der Waals surface area (Å²) in [7, 11) is 0. The highest BCUT2D eigenvalue weighted by Crippen LogP contribution is 2.62. The van der Waals surface area contributed by atoms with Gasteiger partial charge in [0.05, 0.1) is 5.41 Å². The van der Waals surface area contributed by atoms with E-state index in [-0.39, 0.29) is 5.41 Å². The molecule has 0 saturated heterocycles. The SMILES string of the molecule is C/C=C\C1=C(C)c2ccccc2C12c1cc(Br)ccc1-c1ccc(Br)cc12. The molecule has 0 aromatic heterocycles. The van der Waals surface area contributed by atoms with Crippen LogP contribution in [0.2, 0.25) is 0 Å². The zero-order valence-corrected chi connectivity index (χ0v) is 18.4. The molecule has 0 unspecified atom stereocenters. The Labute approximate surface area is 176 Å². The van der Waals surface area contributed by atoms with Crippen LogP contribution in [0.15, 0.2) is 87.3 Å². The third kappa shape index (κ3) is 2.14. The van der Waals surface area contributed by atoms with Gasteiger partial charge in [0.15, 0.2) is 0 Å². The maximum Gasteiger partial charge on any atom is 0.0722 e. The second-order valence-corrected chi connectivity index (χ2v) is 9.05. The molecule has 0 aliphatic heterocycles. The van der Waals surface area contributed by atoms with Gasteiger partial charge in [-0.3, -0.25) is 0 Å². The molecular weight excluding hydrogens is 460 g/mol. The molecule has 2 aliphatic rings. The van der Waals surface area contributed by atoms with E-state index in [1.165, 1.54) is 44.5 Å². The van der Waals surface area contributed by atoms with E-state index in [0.717, 1.165) is 8.95 Å². The van der Waals surface area contributed by atoms with E-state index in [1.54, 1.807) is 0 Å². The summed E-state index contributed by atoms with van der Waals surface area (Å²) in [6.45, 7) is 4.37. The Balaban J connectivity index is 2.02. The van der Waals surface area contributed by atoms with E-state index in [4.69, 9.17) is 0 Å². The molecule has 132 valence electrons. The number of fused-ring (bicyclic) bond motifs is 7. The number of rotatable bonds is 1. The van der Waals surface area contributed by atoms with Gasteiger partial charge >= 0.3 is 0 Å². The van der Waals surface area contributed by atoms with E-state index in [2.05, 4.69) is 119 Å². The van der Waals surface area contributed by atoms with Crippen molar-refractivity contribution in [2.75, 3.05) is 0 Å². The minimum Gasteiger partial charge on any atom is -0.0873 e. The van der Waals surface area contributed by atoms with Crippen LogP contribution >= 0.6 is 31.9 Å². The van der Waals surface area contributed by atoms with Crippen molar-refractivity contribution in [1.29, 1.82) is 0 Å². The molecule has 0 nitrogen and oxygen atoms in total. The summed E-state index contributed by atoms with van der Waals surface area (Å²) in [5, 5.41) is 0. The molecule has 2 aliphatic carbocycles. The predicted octanol–water partition coefficient (Wildman–Crippen LogP) is 7.89. The Morgan fingerprint density at radius 2 is 1.33 bits per heavy atom. The van der Waals surface area contributed by atoms with E-state index in [1.807, 2.05) is 0 Å². The van der Waals surface area contributed by atoms with Crippen molar-refractivity contribution in [2.45, 2.75) is 19.3 Å². The van der Waals surface area contributed by atoms with Gasteiger partial charge in [-0.05, 0) is 82.6 Å². The molecule has 0 N–H and O–H groups in total. The van der Waals surface area contributed by atoms with Crippen molar-refractivity contribution in [3.63, 3.8) is 0 Å². The van der Waals surface area contributed by atoms with Crippen molar-refractivity contribution in [2.24, 2.45) is 0 Å². The summed E-state index contributed by atoms with van der Waals surface area (Å²) in [6.07, 6.45) is 4.47. The van der Waals surface area contributed by atoms with Gasteiger partial charge in [0.2, 0.25) is 0 Å². The number of hydrogen-bond acceptors (Lipinski definition) is 0. The lowest BCUT2D eigenvalue weighted by Gasteiger charge is -2.31. The van der Waals surface area contributed by atoms with E-state index in [9.17, 15) is 0 Å². The molecule has 0 heterocycles. The van der Waals surface area contributed by atoms with E-state index in [0.29, 0.717) is 0 Å². The highest BCUT2D eigenvalue weighted by molar-refractivity contribution is 9.10. The highest BCUT2D eigenvalue weighted by Gasteiger charge is 2.51. The van der Waals surface area contributed by atoms with E-state index >= 15 is 0 Å². The summed E-state index contributed by atoms with van der Waals surface area (Å²) in [5.74, 6) is 0. The van der Waals surface area contributed by atoms with Gasteiger partial charge in [0, 0.05) is 8.95 Å². The van der Waals surface area contributed by atoms with Gasteiger partial charge in [0.25, 0.3) is 0 Å². The molecule has 5 rings (SSSR count). The third-order valence-electron chi connectivity index (χ3n) is 5.94. The fourth-order valence-corrected chi connectivity index (χ4v) is 5.70. The minimum absolute atomic E-state index is 0.259. The molecular formula is C25H18Br2. The molecule has 0 atom stereocenters. The van der Waals surface area contributed by atoms with E-state index < -0.39 is 0 Å². The van der Waals surface area contributed by atoms with Gasteiger partial charge in [-0.1, -0.05) is 80.4 Å². The van der Waals surface area contributed by atoms with Gasteiger partial charge in [0.1, 0.15) is 0 Å².